The fourth-order valence-corrected chi connectivity index (χ4v) is 3.06. The molecule has 0 aliphatic carbocycles. The van der Waals surface area contributed by atoms with E-state index >= 15 is 0 Å². The summed E-state index contributed by atoms with van der Waals surface area (Å²) in [6, 6.07) is 5.83. The maximum absolute atomic E-state index is 4.67. The average Bonchev–Trinajstić information content (AvgIpc) is 3.17. The number of anilines is 1. The van der Waals surface area contributed by atoms with Crippen molar-refractivity contribution < 1.29 is 0 Å². The molecule has 0 radical (unpaired) electrons. The Kier molecular flexibility index (Phi) is 4.38. The molecule has 3 aromatic heterocycles. The highest BCUT2D eigenvalue weighted by atomic mass is 32.1. The number of hydrogen-bond donors (Lipinski definition) is 1. The second-order valence-corrected chi connectivity index (χ2v) is 6.70. The number of nitrogens with one attached hydrogen (secondary N) is 1. The topological polar surface area (TPSA) is 68.5 Å². The minimum atomic E-state index is 0.0887. The van der Waals surface area contributed by atoms with Gasteiger partial charge in [0.05, 0.1) is 22.4 Å². The van der Waals surface area contributed by atoms with Gasteiger partial charge in [0, 0.05) is 17.5 Å². The van der Waals surface area contributed by atoms with Gasteiger partial charge in [0.2, 0.25) is 0 Å². The summed E-state index contributed by atoms with van der Waals surface area (Å²) < 4.78 is 1.71. The predicted molar refractivity (Wildman–Crippen MR) is 92.1 cm³/mol. The van der Waals surface area contributed by atoms with Crippen LogP contribution in [0.15, 0.2) is 29.8 Å². The number of rotatable bonds is 5. The molecular weight excluding hydrogens is 308 g/mol. The standard InChI is InChI=1S/C16H20N6S/c1-10(2)16-18-13(9-23-16)12(4)17-14-5-6-15(20-19-14)22-8-7-11(3)21-22/h5-10,12H,1-4H3,(H,17,19). The highest BCUT2D eigenvalue weighted by Gasteiger charge is 2.12. The first-order valence-electron chi connectivity index (χ1n) is 7.61. The highest BCUT2D eigenvalue weighted by molar-refractivity contribution is 7.09. The van der Waals surface area contributed by atoms with Gasteiger partial charge in [-0.05, 0) is 32.0 Å². The largest absolute Gasteiger partial charge is 0.360 e. The third-order valence-electron chi connectivity index (χ3n) is 3.45. The lowest BCUT2D eigenvalue weighted by Crippen LogP contribution is -2.10. The van der Waals surface area contributed by atoms with Crippen molar-refractivity contribution >= 4 is 17.2 Å². The van der Waals surface area contributed by atoms with Crippen molar-refractivity contribution in [2.75, 3.05) is 5.32 Å². The van der Waals surface area contributed by atoms with E-state index in [2.05, 4.69) is 51.7 Å². The Morgan fingerprint density at radius 2 is 1.96 bits per heavy atom. The summed E-state index contributed by atoms with van der Waals surface area (Å²) >= 11 is 1.70. The van der Waals surface area contributed by atoms with Crippen molar-refractivity contribution in [2.24, 2.45) is 0 Å². The Morgan fingerprint density at radius 1 is 1.13 bits per heavy atom. The van der Waals surface area contributed by atoms with Crippen LogP contribution in [0.1, 0.15) is 49.1 Å². The van der Waals surface area contributed by atoms with Crippen LogP contribution in [0.25, 0.3) is 5.82 Å². The number of thiazole rings is 1. The van der Waals surface area contributed by atoms with Gasteiger partial charge in [-0.3, -0.25) is 0 Å². The number of aryl methyl sites for hydroxylation is 1. The van der Waals surface area contributed by atoms with Gasteiger partial charge in [0.25, 0.3) is 0 Å². The first-order valence-corrected chi connectivity index (χ1v) is 8.49. The fourth-order valence-electron chi connectivity index (χ4n) is 2.13. The molecule has 1 atom stereocenters. The van der Waals surface area contributed by atoms with Crippen LogP contribution in [0, 0.1) is 6.92 Å². The van der Waals surface area contributed by atoms with Crippen LogP contribution in [-0.4, -0.2) is 25.0 Å². The zero-order chi connectivity index (χ0) is 16.4. The molecule has 0 aliphatic heterocycles. The lowest BCUT2D eigenvalue weighted by Gasteiger charge is -2.12. The summed E-state index contributed by atoms with van der Waals surface area (Å²) in [7, 11) is 0. The van der Waals surface area contributed by atoms with Crippen LogP contribution in [0.2, 0.25) is 0 Å². The van der Waals surface area contributed by atoms with Gasteiger partial charge in [-0.25, -0.2) is 9.67 Å². The van der Waals surface area contributed by atoms with E-state index in [4.69, 9.17) is 0 Å². The van der Waals surface area contributed by atoms with E-state index in [0.29, 0.717) is 11.7 Å². The highest BCUT2D eigenvalue weighted by Crippen LogP contribution is 2.24. The third-order valence-corrected chi connectivity index (χ3v) is 4.61. The lowest BCUT2D eigenvalue weighted by atomic mass is 10.2. The van der Waals surface area contributed by atoms with Crippen molar-refractivity contribution in [3.8, 4) is 5.82 Å². The molecule has 120 valence electrons. The summed E-state index contributed by atoms with van der Waals surface area (Å²) in [6.45, 7) is 8.33. The van der Waals surface area contributed by atoms with Crippen molar-refractivity contribution in [3.05, 3.63) is 46.2 Å². The van der Waals surface area contributed by atoms with E-state index in [1.807, 2.05) is 31.3 Å². The molecule has 0 saturated heterocycles. The van der Waals surface area contributed by atoms with E-state index in [-0.39, 0.29) is 6.04 Å². The monoisotopic (exact) mass is 328 g/mol. The smallest absolute Gasteiger partial charge is 0.175 e. The van der Waals surface area contributed by atoms with Gasteiger partial charge < -0.3 is 5.32 Å². The normalized spacial score (nSPS) is 12.6. The maximum atomic E-state index is 4.67. The van der Waals surface area contributed by atoms with E-state index in [1.54, 1.807) is 16.0 Å². The van der Waals surface area contributed by atoms with Crippen LogP contribution in [0.3, 0.4) is 0 Å². The zero-order valence-corrected chi connectivity index (χ0v) is 14.5. The van der Waals surface area contributed by atoms with Crippen molar-refractivity contribution in [1.82, 2.24) is 25.0 Å². The van der Waals surface area contributed by atoms with E-state index in [0.717, 1.165) is 22.2 Å². The summed E-state index contributed by atoms with van der Waals surface area (Å²) in [4.78, 5) is 4.67. The Labute approximate surface area is 139 Å². The SMILES string of the molecule is Cc1ccn(-c2ccc(NC(C)c3csc(C(C)C)n3)nn2)n1. The Balaban J connectivity index is 1.69. The summed E-state index contributed by atoms with van der Waals surface area (Å²) in [5.41, 5.74) is 1.99. The molecule has 0 saturated carbocycles. The second kappa shape index (κ2) is 6.45. The number of nitrogens with zero attached hydrogens (tertiary/aromatic N) is 5. The zero-order valence-electron chi connectivity index (χ0n) is 13.7. The molecule has 6 nitrogen and oxygen atoms in total. The molecular formula is C16H20N6S. The predicted octanol–water partition coefficient (Wildman–Crippen LogP) is 3.72. The Morgan fingerprint density at radius 3 is 2.52 bits per heavy atom. The molecule has 0 aliphatic rings. The van der Waals surface area contributed by atoms with Crippen LogP contribution in [0.4, 0.5) is 5.82 Å². The van der Waals surface area contributed by atoms with Crippen LogP contribution in [0.5, 0.6) is 0 Å². The third kappa shape index (κ3) is 3.56. The molecule has 3 aromatic rings. The minimum Gasteiger partial charge on any atom is -0.360 e. The summed E-state index contributed by atoms with van der Waals surface area (Å²) in [5.74, 6) is 1.88. The van der Waals surface area contributed by atoms with Gasteiger partial charge in [-0.2, -0.15) is 5.10 Å². The van der Waals surface area contributed by atoms with Crippen LogP contribution in [-0.2, 0) is 0 Å². The van der Waals surface area contributed by atoms with Gasteiger partial charge in [-0.1, -0.05) is 13.8 Å². The molecule has 0 bridgehead atoms. The Bertz CT molecular complexity index is 774. The van der Waals surface area contributed by atoms with Gasteiger partial charge in [-0.15, -0.1) is 21.5 Å². The molecule has 1 unspecified atom stereocenters. The van der Waals surface area contributed by atoms with Crippen molar-refractivity contribution in [2.45, 2.75) is 39.7 Å². The second-order valence-electron chi connectivity index (χ2n) is 5.81. The molecule has 0 spiro atoms. The number of hydrogen-bond acceptors (Lipinski definition) is 6. The van der Waals surface area contributed by atoms with E-state index in [9.17, 15) is 0 Å². The van der Waals surface area contributed by atoms with Crippen LogP contribution >= 0.6 is 11.3 Å². The van der Waals surface area contributed by atoms with Crippen molar-refractivity contribution in [3.63, 3.8) is 0 Å². The fraction of sp³-hybridized carbons (Fsp3) is 0.375. The molecule has 23 heavy (non-hydrogen) atoms. The molecule has 1 N–H and O–H groups in total. The first-order chi connectivity index (χ1) is 11.0. The molecule has 0 fully saturated rings. The maximum Gasteiger partial charge on any atom is 0.175 e. The number of aromatic nitrogens is 5. The average molecular weight is 328 g/mol. The first kappa shape index (κ1) is 15.6. The van der Waals surface area contributed by atoms with Gasteiger partial charge in [0.15, 0.2) is 5.82 Å². The molecule has 3 heterocycles. The van der Waals surface area contributed by atoms with Gasteiger partial charge >= 0.3 is 0 Å². The molecule has 3 rings (SSSR count). The quantitative estimate of drug-likeness (QED) is 0.773. The van der Waals surface area contributed by atoms with E-state index in [1.165, 1.54) is 0 Å². The summed E-state index contributed by atoms with van der Waals surface area (Å²) in [5, 5.41) is 19.4. The van der Waals surface area contributed by atoms with E-state index < -0.39 is 0 Å². The molecule has 7 heteroatoms. The van der Waals surface area contributed by atoms with Gasteiger partial charge in [0.1, 0.15) is 5.82 Å². The minimum absolute atomic E-state index is 0.0887. The van der Waals surface area contributed by atoms with Crippen molar-refractivity contribution in [1.29, 1.82) is 0 Å². The lowest BCUT2D eigenvalue weighted by molar-refractivity contribution is 0.781. The summed E-state index contributed by atoms with van der Waals surface area (Å²) in [6.07, 6.45) is 1.87. The molecule has 0 amide bonds. The Hall–Kier alpha value is -2.28. The molecule has 0 aromatic carbocycles. The van der Waals surface area contributed by atoms with Crippen LogP contribution < -0.4 is 5.32 Å².